The van der Waals surface area contributed by atoms with Crippen molar-refractivity contribution in [1.29, 1.82) is 0 Å². The lowest BCUT2D eigenvalue weighted by Gasteiger charge is -2.21. The van der Waals surface area contributed by atoms with Gasteiger partial charge in [0.15, 0.2) is 9.84 Å². The van der Waals surface area contributed by atoms with E-state index in [1.54, 1.807) is 20.0 Å². The summed E-state index contributed by atoms with van der Waals surface area (Å²) < 4.78 is 27.5. The van der Waals surface area contributed by atoms with Crippen molar-refractivity contribution in [2.75, 3.05) is 18.6 Å². The van der Waals surface area contributed by atoms with Gasteiger partial charge in [-0.15, -0.1) is 0 Å². The Morgan fingerprint density at radius 3 is 2.76 bits per heavy atom. The largest absolute Gasteiger partial charge is 0.351 e. The zero-order valence-electron chi connectivity index (χ0n) is 9.71. The van der Waals surface area contributed by atoms with Gasteiger partial charge in [-0.1, -0.05) is 5.16 Å². The topological polar surface area (TPSA) is 80.5 Å². The maximum absolute atomic E-state index is 12.0. The van der Waals surface area contributed by atoms with Crippen molar-refractivity contribution in [2.45, 2.75) is 19.4 Å². The lowest BCUT2D eigenvalue weighted by Crippen LogP contribution is -2.37. The molecule has 0 unspecified atom stereocenters. The molecule has 2 rings (SSSR count). The van der Waals surface area contributed by atoms with E-state index in [2.05, 4.69) is 5.16 Å². The third-order valence-electron chi connectivity index (χ3n) is 2.92. The van der Waals surface area contributed by atoms with Crippen molar-refractivity contribution in [3.63, 3.8) is 0 Å². The zero-order chi connectivity index (χ0) is 12.6. The van der Waals surface area contributed by atoms with Gasteiger partial charge in [-0.25, -0.2) is 8.42 Å². The Morgan fingerprint density at radius 2 is 2.29 bits per heavy atom. The molecule has 0 aliphatic carbocycles. The number of sulfone groups is 1. The maximum atomic E-state index is 12.0. The fourth-order valence-electron chi connectivity index (χ4n) is 1.88. The van der Waals surface area contributed by atoms with Crippen LogP contribution in [0.25, 0.3) is 0 Å². The number of hydrogen-bond donors (Lipinski definition) is 0. The number of carbonyl (C=O) groups is 1. The van der Waals surface area contributed by atoms with Crippen LogP contribution in [0, 0.1) is 6.92 Å². The van der Waals surface area contributed by atoms with Crippen molar-refractivity contribution in [1.82, 2.24) is 10.1 Å². The molecule has 0 saturated carbocycles. The van der Waals surface area contributed by atoms with Crippen LogP contribution in [-0.4, -0.2) is 49.0 Å². The highest BCUT2D eigenvalue weighted by atomic mass is 32.2. The number of rotatable bonds is 2. The first-order valence-electron chi connectivity index (χ1n) is 5.30. The molecule has 1 aliphatic rings. The van der Waals surface area contributed by atoms with Crippen molar-refractivity contribution in [2.24, 2.45) is 0 Å². The number of amides is 1. The van der Waals surface area contributed by atoms with Gasteiger partial charge in [0.25, 0.3) is 5.91 Å². The lowest BCUT2D eigenvalue weighted by molar-refractivity contribution is 0.0705. The summed E-state index contributed by atoms with van der Waals surface area (Å²) in [4.78, 5) is 13.4. The van der Waals surface area contributed by atoms with Crippen molar-refractivity contribution >= 4 is 15.7 Å². The number of aryl methyl sites for hydroxylation is 1. The summed E-state index contributed by atoms with van der Waals surface area (Å²) in [5.74, 6) is -0.00502. The minimum atomic E-state index is -2.99. The maximum Gasteiger partial charge on any atom is 0.292 e. The first-order valence-corrected chi connectivity index (χ1v) is 7.12. The van der Waals surface area contributed by atoms with Crippen LogP contribution in [0.3, 0.4) is 0 Å². The van der Waals surface area contributed by atoms with Crippen molar-refractivity contribution < 1.29 is 17.7 Å². The molecule has 6 nitrogen and oxygen atoms in total. The Hall–Kier alpha value is -1.37. The van der Waals surface area contributed by atoms with E-state index in [1.807, 2.05) is 0 Å². The molecule has 1 atom stereocenters. The molecule has 2 heterocycles. The van der Waals surface area contributed by atoms with Crippen LogP contribution in [0.5, 0.6) is 0 Å². The Labute approximate surface area is 99.5 Å². The summed E-state index contributed by atoms with van der Waals surface area (Å²) in [7, 11) is -1.40. The van der Waals surface area contributed by atoms with Gasteiger partial charge in [-0.3, -0.25) is 4.79 Å². The van der Waals surface area contributed by atoms with Crippen molar-refractivity contribution in [3.05, 3.63) is 17.5 Å². The fourth-order valence-corrected chi connectivity index (χ4v) is 3.66. The SMILES string of the molecule is Cc1cc(C(=O)N(C)[C@@H]2CCS(=O)(=O)C2)on1. The summed E-state index contributed by atoms with van der Waals surface area (Å²) >= 11 is 0. The molecule has 0 bridgehead atoms. The number of carbonyl (C=O) groups excluding carboxylic acids is 1. The molecule has 1 amide bonds. The second-order valence-corrected chi connectivity index (χ2v) is 6.53. The van der Waals surface area contributed by atoms with E-state index in [0.29, 0.717) is 12.1 Å². The molecule has 1 saturated heterocycles. The second-order valence-electron chi connectivity index (χ2n) is 4.31. The molecule has 0 N–H and O–H groups in total. The Bertz CT molecular complexity index is 534. The van der Waals surface area contributed by atoms with Crippen LogP contribution in [0.1, 0.15) is 22.7 Å². The van der Waals surface area contributed by atoms with Gasteiger partial charge in [-0.05, 0) is 13.3 Å². The van der Waals surface area contributed by atoms with Crippen LogP contribution in [-0.2, 0) is 9.84 Å². The van der Waals surface area contributed by atoms with Gasteiger partial charge < -0.3 is 9.42 Å². The molecular formula is C10H14N2O4S. The molecular weight excluding hydrogens is 244 g/mol. The minimum absolute atomic E-state index is 0.0301. The van der Waals surface area contributed by atoms with Gasteiger partial charge in [0.05, 0.1) is 17.2 Å². The zero-order valence-corrected chi connectivity index (χ0v) is 10.5. The lowest BCUT2D eigenvalue weighted by atomic mass is 10.2. The highest BCUT2D eigenvalue weighted by molar-refractivity contribution is 7.91. The van der Waals surface area contributed by atoms with E-state index in [1.165, 1.54) is 4.90 Å². The molecule has 94 valence electrons. The van der Waals surface area contributed by atoms with E-state index >= 15 is 0 Å². The molecule has 0 radical (unpaired) electrons. The summed E-state index contributed by atoms with van der Waals surface area (Å²) in [6, 6.07) is 1.28. The molecule has 1 aliphatic heterocycles. The van der Waals surface area contributed by atoms with Gasteiger partial charge in [0.1, 0.15) is 0 Å². The fraction of sp³-hybridized carbons (Fsp3) is 0.600. The molecule has 0 spiro atoms. The molecule has 17 heavy (non-hydrogen) atoms. The second kappa shape index (κ2) is 4.14. The highest BCUT2D eigenvalue weighted by Crippen LogP contribution is 2.18. The highest BCUT2D eigenvalue weighted by Gasteiger charge is 2.33. The third-order valence-corrected chi connectivity index (χ3v) is 4.67. The van der Waals surface area contributed by atoms with Crippen LogP contribution in [0.15, 0.2) is 10.6 Å². The molecule has 1 aromatic heterocycles. The predicted molar refractivity (Wildman–Crippen MR) is 60.4 cm³/mol. The van der Waals surface area contributed by atoms with E-state index in [4.69, 9.17) is 4.52 Å². The minimum Gasteiger partial charge on any atom is -0.351 e. The molecule has 0 aromatic carbocycles. The third kappa shape index (κ3) is 2.49. The summed E-state index contributed by atoms with van der Waals surface area (Å²) in [6.45, 7) is 1.72. The Kier molecular flexibility index (Phi) is 2.94. The van der Waals surface area contributed by atoms with Gasteiger partial charge in [0.2, 0.25) is 5.76 Å². The smallest absolute Gasteiger partial charge is 0.292 e. The Morgan fingerprint density at radius 1 is 1.59 bits per heavy atom. The van der Waals surface area contributed by atoms with Crippen LogP contribution in [0.4, 0.5) is 0 Å². The van der Waals surface area contributed by atoms with Crippen LogP contribution in [0.2, 0.25) is 0 Å². The van der Waals surface area contributed by atoms with E-state index in [0.717, 1.165) is 0 Å². The van der Waals surface area contributed by atoms with Gasteiger partial charge in [0, 0.05) is 19.2 Å². The van der Waals surface area contributed by atoms with Gasteiger partial charge in [-0.2, -0.15) is 0 Å². The van der Waals surface area contributed by atoms with Crippen molar-refractivity contribution in [3.8, 4) is 0 Å². The number of nitrogens with zero attached hydrogens (tertiary/aromatic N) is 2. The Balaban J connectivity index is 2.11. The average Bonchev–Trinajstić information content (AvgIpc) is 2.82. The standard InChI is InChI=1S/C10H14N2O4S/c1-7-5-9(16-11-7)10(13)12(2)8-3-4-17(14,15)6-8/h5,8H,3-4,6H2,1-2H3/t8-/m1/s1. The van der Waals surface area contributed by atoms with E-state index < -0.39 is 9.84 Å². The van der Waals surface area contributed by atoms with E-state index in [-0.39, 0.29) is 29.2 Å². The monoisotopic (exact) mass is 258 g/mol. The number of aromatic nitrogens is 1. The van der Waals surface area contributed by atoms with Gasteiger partial charge >= 0.3 is 0 Å². The summed E-state index contributed by atoms with van der Waals surface area (Å²) in [5, 5.41) is 3.63. The van der Waals surface area contributed by atoms with Crippen LogP contribution < -0.4 is 0 Å². The first-order chi connectivity index (χ1) is 7.89. The van der Waals surface area contributed by atoms with Crippen LogP contribution >= 0.6 is 0 Å². The predicted octanol–water partition coefficient (Wildman–Crippen LogP) is 0.242. The first kappa shape index (κ1) is 12.1. The molecule has 7 heteroatoms. The normalized spacial score (nSPS) is 22.6. The quantitative estimate of drug-likeness (QED) is 0.759. The summed E-state index contributed by atoms with van der Waals surface area (Å²) in [6.07, 6.45) is 0.484. The molecule has 1 fully saturated rings. The molecule has 1 aromatic rings. The average molecular weight is 258 g/mol. The number of hydrogen-bond acceptors (Lipinski definition) is 5. The summed E-state index contributed by atoms with van der Waals surface area (Å²) in [5.41, 5.74) is 0.626. The van der Waals surface area contributed by atoms with E-state index in [9.17, 15) is 13.2 Å².